The Hall–Kier alpha value is -7.39. The molecule has 0 spiro atoms. The van der Waals surface area contributed by atoms with Crippen molar-refractivity contribution >= 4 is 53.2 Å². The number of hydrogen-bond donors (Lipinski definition) is 10. The molecule has 4 heterocycles. The molecular weight excluding hydrogens is 1130 g/mol. The maximum Gasteiger partial charge on any atom is 0.247 e. The monoisotopic (exact) mass is 1220 g/mol. The number of ether oxygens (including phenoxy) is 4. The first-order valence-electron chi connectivity index (χ1n) is 30.7. The van der Waals surface area contributed by atoms with Crippen molar-refractivity contribution in [1.29, 1.82) is 0 Å². The zero-order chi connectivity index (χ0) is 63.0. The van der Waals surface area contributed by atoms with Gasteiger partial charge in [0.15, 0.2) is 0 Å². The van der Waals surface area contributed by atoms with Crippen LogP contribution in [0.3, 0.4) is 0 Å². The minimum Gasteiger partial charge on any atom is -0.396 e. The number of nitrogens with zero attached hydrogens (tertiary/aromatic N) is 2. The van der Waals surface area contributed by atoms with E-state index < -0.39 is 108 Å². The molecule has 7 rings (SSSR count). The van der Waals surface area contributed by atoms with Crippen LogP contribution < -0.4 is 47.9 Å². The summed E-state index contributed by atoms with van der Waals surface area (Å²) in [7, 11) is 3.27. The SMILES string of the molecule is CN[C@@H](C)C(=O)N[C@@H]1C(=O)N2[C@@H](CC[C@@H]1CNC(=O)COCC(=O)NCCOCCOCCOCCNC(=O)[C@@H](NC(=O)[C@@H]1CC[C@@H]3CC[C@H](CO)[C@H](NC(=O)[C@H](C)NC)C(=O)N31)c1ccccc1)CC[C@H]2C(=O)NC(c1ccccc1)c1ccccc1. The normalized spacial score (nSPS) is 22.7. The zero-order valence-electron chi connectivity index (χ0n) is 50.9. The minimum atomic E-state index is -1.07. The van der Waals surface area contributed by atoms with Crippen LogP contribution in [0.5, 0.6) is 0 Å². The van der Waals surface area contributed by atoms with Gasteiger partial charge in [0.2, 0.25) is 53.2 Å². The molecule has 3 aromatic rings. The molecule has 4 aliphatic heterocycles. The average Bonchev–Trinajstić information content (AvgIpc) is 2.76. The fraction of sp³-hybridized carbons (Fsp3) is 0.571. The molecule has 3 aromatic carbocycles. The molecule has 4 aliphatic rings. The van der Waals surface area contributed by atoms with Gasteiger partial charge in [0.25, 0.3) is 0 Å². The zero-order valence-corrected chi connectivity index (χ0v) is 50.9. The van der Waals surface area contributed by atoms with Crippen molar-refractivity contribution in [3.8, 4) is 0 Å². The molecule has 9 amide bonds. The molecule has 25 nitrogen and oxygen atoms in total. The molecule has 0 saturated carbocycles. The Bertz CT molecular complexity index is 2730. The van der Waals surface area contributed by atoms with Gasteiger partial charge in [0, 0.05) is 50.2 Å². The molecular formula is C63H89N11O14. The number of aliphatic hydroxyl groups is 1. The van der Waals surface area contributed by atoms with E-state index in [0.717, 1.165) is 11.1 Å². The largest absolute Gasteiger partial charge is 0.396 e. The summed E-state index contributed by atoms with van der Waals surface area (Å²) < 4.78 is 22.2. The van der Waals surface area contributed by atoms with E-state index in [-0.39, 0.29) is 96.4 Å². The van der Waals surface area contributed by atoms with Crippen molar-refractivity contribution in [3.63, 3.8) is 0 Å². The predicted octanol–water partition coefficient (Wildman–Crippen LogP) is -0.118. The fourth-order valence-corrected chi connectivity index (χ4v) is 11.8. The Morgan fingerprint density at radius 1 is 0.500 bits per heavy atom. The number of likely N-dealkylation sites (N-methyl/N-ethyl adjacent to an activating group) is 2. The second kappa shape index (κ2) is 35.0. The smallest absolute Gasteiger partial charge is 0.247 e. The topological polar surface area (TPSA) is 326 Å². The van der Waals surface area contributed by atoms with E-state index in [0.29, 0.717) is 56.9 Å². The number of aliphatic hydroxyl groups excluding tert-OH is 1. The van der Waals surface area contributed by atoms with Crippen LogP contribution in [0.1, 0.15) is 94.0 Å². The third kappa shape index (κ3) is 19.1. The van der Waals surface area contributed by atoms with E-state index in [4.69, 9.17) is 18.9 Å². The van der Waals surface area contributed by atoms with E-state index in [9.17, 15) is 48.3 Å². The molecule has 0 bridgehead atoms. The van der Waals surface area contributed by atoms with Crippen LogP contribution in [0.15, 0.2) is 91.0 Å². The first kappa shape index (κ1) is 68.1. The Kier molecular flexibility index (Phi) is 27.1. The van der Waals surface area contributed by atoms with Gasteiger partial charge in [0.1, 0.15) is 43.4 Å². The highest BCUT2D eigenvalue weighted by molar-refractivity contribution is 5.97. The standard InChI is InChI=1S/C63H89N11O14/c1-40(64-3)57(78)71-55-45(20-22-47-24-26-49(73(47)62(55)83)59(80)69-53(42-14-8-5-9-15-42)43-16-10-6-11-17-43)36-68-52(77)39-88-38-51(76)66-28-30-85-32-34-87-35-33-86-31-29-67-61(82)54(44-18-12-7-13-19-44)70-60(81)50-27-25-48-23-21-46(37-75)56(63(84)74(48)50)72-58(79)41(2)65-4/h5-19,40-41,45-50,53-56,64-65,75H,20-39H2,1-4H3,(H,66,76)(H,67,82)(H,68,77)(H,69,80)(H,70,81)(H,71,78)(H,72,79)/t40-,41-,45+,46+,47-,48-,49-,50-,54-,55-,56-/m0/s1. The van der Waals surface area contributed by atoms with Crippen LogP contribution in [-0.4, -0.2) is 210 Å². The highest BCUT2D eigenvalue weighted by Crippen LogP contribution is 2.36. The number of fused-ring (bicyclic) bond motifs is 2. The summed E-state index contributed by atoms with van der Waals surface area (Å²) in [5.74, 6) is -4.83. The van der Waals surface area contributed by atoms with Crippen LogP contribution >= 0.6 is 0 Å². The number of nitrogens with one attached hydrogen (secondary N) is 9. The number of carbonyl (C=O) groups excluding carboxylic acids is 9. The molecule has 4 saturated heterocycles. The quantitative estimate of drug-likeness (QED) is 0.0356. The lowest BCUT2D eigenvalue weighted by atomic mass is 9.92. The Labute approximate surface area is 514 Å². The molecule has 0 unspecified atom stereocenters. The summed E-state index contributed by atoms with van der Waals surface area (Å²) >= 11 is 0. The van der Waals surface area contributed by atoms with Crippen LogP contribution in [0, 0.1) is 11.8 Å². The molecule has 0 radical (unpaired) electrons. The van der Waals surface area contributed by atoms with Gasteiger partial charge >= 0.3 is 0 Å². The lowest BCUT2D eigenvalue weighted by molar-refractivity contribution is -0.144. The van der Waals surface area contributed by atoms with Crippen LogP contribution in [-0.2, 0) is 62.1 Å². The third-order valence-corrected chi connectivity index (χ3v) is 16.9. The van der Waals surface area contributed by atoms with E-state index in [1.807, 2.05) is 60.7 Å². The average molecular weight is 1220 g/mol. The maximum atomic E-state index is 14.6. The Balaban J connectivity index is 0.754. The van der Waals surface area contributed by atoms with E-state index in [1.165, 1.54) is 4.90 Å². The highest BCUT2D eigenvalue weighted by Gasteiger charge is 2.50. The summed E-state index contributed by atoms with van der Waals surface area (Å²) in [6.45, 7) is 3.89. The van der Waals surface area contributed by atoms with Crippen molar-refractivity contribution in [2.24, 2.45) is 11.8 Å². The number of carbonyl (C=O) groups is 9. The summed E-state index contributed by atoms with van der Waals surface area (Å²) in [6.07, 6.45) is 4.12. The molecule has 480 valence electrons. The maximum absolute atomic E-state index is 14.6. The lowest BCUT2D eigenvalue weighted by Crippen LogP contribution is -2.59. The van der Waals surface area contributed by atoms with Crippen LogP contribution in [0.2, 0.25) is 0 Å². The predicted molar refractivity (Wildman–Crippen MR) is 323 cm³/mol. The molecule has 4 fully saturated rings. The number of hydrogen-bond acceptors (Lipinski definition) is 16. The Morgan fingerprint density at radius 3 is 1.41 bits per heavy atom. The van der Waals surface area contributed by atoms with Gasteiger partial charge in [-0.05, 0) is 96.0 Å². The molecule has 25 heteroatoms. The second-order valence-corrected chi connectivity index (χ2v) is 22.7. The van der Waals surface area contributed by atoms with Gasteiger partial charge in [-0.15, -0.1) is 0 Å². The van der Waals surface area contributed by atoms with Gasteiger partial charge in [-0.25, -0.2) is 0 Å². The van der Waals surface area contributed by atoms with Crippen molar-refractivity contribution < 1.29 is 67.2 Å². The van der Waals surface area contributed by atoms with Crippen molar-refractivity contribution in [3.05, 3.63) is 108 Å². The molecule has 0 aliphatic carbocycles. The number of amides is 9. The third-order valence-electron chi connectivity index (χ3n) is 16.9. The molecule has 88 heavy (non-hydrogen) atoms. The second-order valence-electron chi connectivity index (χ2n) is 22.7. The van der Waals surface area contributed by atoms with E-state index in [2.05, 4.69) is 47.9 Å². The van der Waals surface area contributed by atoms with Gasteiger partial charge in [0.05, 0.1) is 57.8 Å². The number of benzene rings is 3. The van der Waals surface area contributed by atoms with Gasteiger partial charge in [-0.1, -0.05) is 91.0 Å². The fourth-order valence-electron chi connectivity index (χ4n) is 11.8. The first-order valence-corrected chi connectivity index (χ1v) is 30.7. The molecule has 11 atom stereocenters. The van der Waals surface area contributed by atoms with Gasteiger partial charge in [-0.2, -0.15) is 0 Å². The lowest BCUT2D eigenvalue weighted by Gasteiger charge is -2.33. The highest BCUT2D eigenvalue weighted by atomic mass is 16.5. The van der Waals surface area contributed by atoms with Crippen LogP contribution in [0.25, 0.3) is 0 Å². The van der Waals surface area contributed by atoms with Gasteiger partial charge in [-0.3, -0.25) is 43.2 Å². The number of rotatable bonds is 33. The minimum absolute atomic E-state index is 0.0420. The summed E-state index contributed by atoms with van der Waals surface area (Å²) in [6, 6.07) is 21.1. The summed E-state index contributed by atoms with van der Waals surface area (Å²) in [5, 5.41) is 36.1. The molecule has 0 aromatic heterocycles. The molecule has 10 N–H and O–H groups in total. The van der Waals surface area contributed by atoms with Gasteiger partial charge < -0.3 is 81.7 Å². The van der Waals surface area contributed by atoms with E-state index in [1.54, 1.807) is 63.2 Å². The van der Waals surface area contributed by atoms with E-state index >= 15 is 0 Å². The van der Waals surface area contributed by atoms with Crippen molar-refractivity contribution in [1.82, 2.24) is 57.7 Å². The van der Waals surface area contributed by atoms with Crippen LogP contribution in [0.4, 0.5) is 0 Å². The summed E-state index contributed by atoms with van der Waals surface area (Å²) in [4.78, 5) is 125. The summed E-state index contributed by atoms with van der Waals surface area (Å²) in [5.41, 5.74) is 2.34. The van der Waals surface area contributed by atoms with Crippen molar-refractivity contribution in [2.75, 3.05) is 93.2 Å². The van der Waals surface area contributed by atoms with Crippen molar-refractivity contribution in [2.45, 2.75) is 126 Å². The Morgan fingerprint density at radius 2 is 0.920 bits per heavy atom. The first-order chi connectivity index (χ1) is 42.6.